The second-order valence-corrected chi connectivity index (χ2v) is 5.11. The zero-order valence-corrected chi connectivity index (χ0v) is 12.1. The van der Waals surface area contributed by atoms with Crippen LogP contribution in [0.5, 0.6) is 5.75 Å². The largest absolute Gasteiger partial charge is 0.489 e. The molecule has 2 aromatic rings. The molecule has 7 heteroatoms. The number of carbonyl (C=O) groups excluding carboxylic acids is 1. The van der Waals surface area contributed by atoms with Gasteiger partial charge < -0.3 is 4.74 Å². The van der Waals surface area contributed by atoms with E-state index in [2.05, 4.69) is 5.18 Å². The topological polar surface area (TPSA) is 55.7 Å². The number of hydrogen-bond donors (Lipinski definition) is 0. The van der Waals surface area contributed by atoms with E-state index in [-0.39, 0.29) is 12.2 Å². The summed E-state index contributed by atoms with van der Waals surface area (Å²) in [7, 11) is 0. The molecule has 4 nitrogen and oxygen atoms in total. The minimum Gasteiger partial charge on any atom is -0.489 e. The van der Waals surface area contributed by atoms with E-state index in [1.807, 2.05) is 0 Å². The SMILES string of the molecule is O=NC(=O)c1ccc2c(c1)C(c1cccc(C(F)(F)F)c1)=CCO2. The van der Waals surface area contributed by atoms with Crippen LogP contribution < -0.4 is 4.74 Å². The van der Waals surface area contributed by atoms with Gasteiger partial charge in [0.05, 0.1) is 5.56 Å². The minimum absolute atomic E-state index is 0.0483. The molecule has 24 heavy (non-hydrogen) atoms. The molecule has 0 fully saturated rings. The Kier molecular flexibility index (Phi) is 3.92. The zero-order valence-electron chi connectivity index (χ0n) is 12.1. The van der Waals surface area contributed by atoms with Crippen molar-refractivity contribution in [3.05, 3.63) is 75.7 Å². The van der Waals surface area contributed by atoms with Crippen LogP contribution in [0.15, 0.2) is 53.7 Å². The van der Waals surface area contributed by atoms with Crippen molar-refractivity contribution in [1.29, 1.82) is 0 Å². The number of nitroso groups, excluding NO2 is 1. The fourth-order valence-corrected chi connectivity index (χ4v) is 2.51. The summed E-state index contributed by atoms with van der Waals surface area (Å²) in [6.45, 7) is 0.192. The van der Waals surface area contributed by atoms with Crippen molar-refractivity contribution in [3.8, 4) is 5.75 Å². The van der Waals surface area contributed by atoms with Crippen molar-refractivity contribution < 1.29 is 22.7 Å². The molecule has 1 amide bonds. The lowest BCUT2D eigenvalue weighted by Gasteiger charge is -2.20. The summed E-state index contributed by atoms with van der Waals surface area (Å²) in [6.07, 6.45) is -2.83. The molecular formula is C17H10F3NO3. The molecule has 0 aromatic heterocycles. The maximum absolute atomic E-state index is 12.9. The third kappa shape index (κ3) is 2.92. The molecule has 1 heterocycles. The van der Waals surface area contributed by atoms with Gasteiger partial charge in [0.25, 0.3) is 0 Å². The lowest BCUT2D eigenvalue weighted by atomic mass is 9.93. The highest BCUT2D eigenvalue weighted by Gasteiger charge is 2.31. The van der Waals surface area contributed by atoms with Crippen molar-refractivity contribution in [2.45, 2.75) is 6.18 Å². The van der Waals surface area contributed by atoms with Gasteiger partial charge in [-0.25, -0.2) is 0 Å². The molecule has 0 spiro atoms. The molecule has 0 N–H and O–H groups in total. The molecule has 1 aliphatic heterocycles. The summed E-state index contributed by atoms with van der Waals surface area (Å²) in [5.74, 6) is -0.529. The van der Waals surface area contributed by atoms with Crippen molar-refractivity contribution in [1.82, 2.24) is 0 Å². The van der Waals surface area contributed by atoms with Gasteiger partial charge in [0.15, 0.2) is 0 Å². The number of fused-ring (bicyclic) bond motifs is 1. The van der Waals surface area contributed by atoms with Crippen molar-refractivity contribution in [3.63, 3.8) is 0 Å². The quantitative estimate of drug-likeness (QED) is 0.764. The van der Waals surface area contributed by atoms with Crippen LogP contribution in [0.2, 0.25) is 0 Å². The number of nitrogens with zero attached hydrogens (tertiary/aromatic N) is 1. The van der Waals surface area contributed by atoms with E-state index in [1.165, 1.54) is 24.3 Å². The number of carbonyl (C=O) groups is 1. The van der Waals surface area contributed by atoms with Crippen molar-refractivity contribution in [2.24, 2.45) is 5.18 Å². The lowest BCUT2D eigenvalue weighted by molar-refractivity contribution is -0.137. The smallest absolute Gasteiger partial charge is 0.416 e. The second kappa shape index (κ2) is 5.92. The first kappa shape index (κ1) is 15.9. The van der Waals surface area contributed by atoms with Crippen LogP contribution in [-0.2, 0) is 6.18 Å². The molecule has 122 valence electrons. The first-order valence-electron chi connectivity index (χ1n) is 6.93. The summed E-state index contributed by atoms with van der Waals surface area (Å²) in [5.41, 5.74) is 0.568. The first-order chi connectivity index (χ1) is 11.4. The maximum atomic E-state index is 12.9. The van der Waals surface area contributed by atoms with Gasteiger partial charge >= 0.3 is 12.1 Å². The molecule has 0 saturated carbocycles. The Bertz CT molecular complexity index is 856. The lowest BCUT2D eigenvalue weighted by Crippen LogP contribution is -2.09. The number of rotatable bonds is 2. The predicted molar refractivity (Wildman–Crippen MR) is 80.6 cm³/mol. The highest BCUT2D eigenvalue weighted by Crippen LogP contribution is 2.37. The van der Waals surface area contributed by atoms with Gasteiger partial charge in [-0.2, -0.15) is 13.2 Å². The summed E-state index contributed by atoms with van der Waals surface area (Å²) in [6, 6.07) is 9.16. The Labute approximate surface area is 134 Å². The van der Waals surface area contributed by atoms with Gasteiger partial charge in [0, 0.05) is 16.3 Å². The van der Waals surface area contributed by atoms with Crippen LogP contribution in [0.3, 0.4) is 0 Å². The average Bonchev–Trinajstić information content (AvgIpc) is 2.59. The Morgan fingerprint density at radius 1 is 1.12 bits per heavy atom. The maximum Gasteiger partial charge on any atom is 0.416 e. The number of halogens is 3. The van der Waals surface area contributed by atoms with Crippen LogP contribution in [0.25, 0.3) is 5.57 Å². The summed E-state index contributed by atoms with van der Waals surface area (Å²) < 4.78 is 44.2. The molecule has 1 aliphatic rings. The molecule has 0 saturated heterocycles. The monoisotopic (exact) mass is 333 g/mol. The third-order valence-electron chi connectivity index (χ3n) is 3.63. The average molecular weight is 333 g/mol. The molecule has 0 aliphatic carbocycles. The second-order valence-electron chi connectivity index (χ2n) is 5.11. The van der Waals surface area contributed by atoms with Gasteiger partial charge in [-0.05, 0) is 47.5 Å². The molecule has 0 radical (unpaired) electrons. The van der Waals surface area contributed by atoms with E-state index in [9.17, 15) is 22.9 Å². The number of hydrogen-bond acceptors (Lipinski definition) is 3. The number of benzene rings is 2. The van der Waals surface area contributed by atoms with Crippen molar-refractivity contribution in [2.75, 3.05) is 6.61 Å². The normalized spacial score (nSPS) is 13.5. The van der Waals surface area contributed by atoms with E-state index in [1.54, 1.807) is 12.1 Å². The van der Waals surface area contributed by atoms with Crippen LogP contribution >= 0.6 is 0 Å². The fraction of sp³-hybridized carbons (Fsp3) is 0.118. The molecule has 0 atom stereocenters. The van der Waals surface area contributed by atoms with Crippen LogP contribution in [0.1, 0.15) is 27.0 Å². The van der Waals surface area contributed by atoms with E-state index >= 15 is 0 Å². The number of alkyl halides is 3. The molecule has 0 bridgehead atoms. The first-order valence-corrected chi connectivity index (χ1v) is 6.93. The molecule has 3 rings (SSSR count). The van der Waals surface area contributed by atoms with Crippen molar-refractivity contribution >= 4 is 11.5 Å². The Hall–Kier alpha value is -2.96. The number of amides is 1. The van der Waals surface area contributed by atoms with E-state index < -0.39 is 17.6 Å². The van der Waals surface area contributed by atoms with E-state index in [4.69, 9.17) is 4.74 Å². The van der Waals surface area contributed by atoms with E-state index in [0.29, 0.717) is 22.4 Å². The Balaban J connectivity index is 2.10. The zero-order chi connectivity index (χ0) is 17.3. The summed E-state index contributed by atoms with van der Waals surface area (Å²) >= 11 is 0. The molecule has 0 unspecified atom stereocenters. The van der Waals surface area contributed by atoms with Crippen LogP contribution in [-0.4, -0.2) is 12.5 Å². The third-order valence-corrected chi connectivity index (χ3v) is 3.63. The molecular weight excluding hydrogens is 323 g/mol. The fourth-order valence-electron chi connectivity index (χ4n) is 2.51. The Morgan fingerprint density at radius 3 is 2.62 bits per heavy atom. The van der Waals surface area contributed by atoms with Gasteiger partial charge in [0.1, 0.15) is 12.4 Å². The minimum atomic E-state index is -4.45. The highest BCUT2D eigenvalue weighted by atomic mass is 19.4. The van der Waals surface area contributed by atoms with E-state index in [0.717, 1.165) is 12.1 Å². The van der Waals surface area contributed by atoms with Gasteiger partial charge in [-0.1, -0.05) is 12.1 Å². The Morgan fingerprint density at radius 2 is 1.92 bits per heavy atom. The van der Waals surface area contributed by atoms with Gasteiger partial charge in [-0.3, -0.25) is 4.79 Å². The summed E-state index contributed by atoms with van der Waals surface area (Å²) in [4.78, 5) is 21.8. The predicted octanol–water partition coefficient (Wildman–Crippen LogP) is 4.44. The van der Waals surface area contributed by atoms with Gasteiger partial charge in [0.2, 0.25) is 0 Å². The molecule has 2 aromatic carbocycles. The van der Waals surface area contributed by atoms with Gasteiger partial charge in [-0.15, -0.1) is 4.91 Å². The summed E-state index contributed by atoms with van der Waals surface area (Å²) in [5, 5.41) is 2.35. The standard InChI is InChI=1S/C17H10F3NO3/c18-17(19,20)12-3-1-2-10(8-12)13-6-7-24-15-5-4-11(9-14(13)15)16(22)21-23/h1-6,8-9H,7H2. The van der Waals surface area contributed by atoms with Crippen LogP contribution in [0, 0.1) is 4.91 Å². The highest BCUT2D eigenvalue weighted by molar-refractivity contribution is 5.97. The van der Waals surface area contributed by atoms with Crippen LogP contribution in [0.4, 0.5) is 13.2 Å². The number of ether oxygens (including phenoxy) is 1.